The third-order valence-electron chi connectivity index (χ3n) is 3.38. The highest BCUT2D eigenvalue weighted by atomic mass is 16.6. The van der Waals surface area contributed by atoms with Gasteiger partial charge in [0.1, 0.15) is 5.75 Å². The molecule has 4 aromatic rings. The predicted molar refractivity (Wildman–Crippen MR) is 84.7 cm³/mol. The number of hydrogen-bond acceptors (Lipinski definition) is 4. The third-order valence-corrected chi connectivity index (χ3v) is 3.38. The van der Waals surface area contributed by atoms with Crippen molar-refractivity contribution in [2.75, 3.05) is 0 Å². The van der Waals surface area contributed by atoms with Gasteiger partial charge in [0.2, 0.25) is 5.95 Å². The van der Waals surface area contributed by atoms with Crippen LogP contribution < -0.4 is 4.74 Å². The van der Waals surface area contributed by atoms with Gasteiger partial charge in [0.15, 0.2) is 0 Å². The first-order valence-corrected chi connectivity index (χ1v) is 7.08. The summed E-state index contributed by atoms with van der Waals surface area (Å²) in [6.07, 6.45) is 2.83. The van der Waals surface area contributed by atoms with Gasteiger partial charge in [0.25, 0.3) is 0 Å². The van der Waals surface area contributed by atoms with Crippen LogP contribution in [0.4, 0.5) is 4.79 Å². The van der Waals surface area contributed by atoms with E-state index >= 15 is 0 Å². The Kier molecular flexibility index (Phi) is 3.12. The van der Waals surface area contributed by atoms with E-state index in [0.717, 1.165) is 0 Å². The molecule has 23 heavy (non-hydrogen) atoms. The molecular formula is C17H12N4O2. The summed E-state index contributed by atoms with van der Waals surface area (Å²) in [5, 5.41) is 4.16. The summed E-state index contributed by atoms with van der Waals surface area (Å²) in [6.45, 7) is 0. The number of benzene rings is 2. The van der Waals surface area contributed by atoms with E-state index in [2.05, 4.69) is 10.1 Å². The zero-order valence-electron chi connectivity index (χ0n) is 12.0. The maximum atomic E-state index is 12.7. The predicted octanol–water partition coefficient (Wildman–Crippen LogP) is 3.27. The number of fused-ring (bicyclic) bond motifs is 1. The molecule has 6 nitrogen and oxygen atoms in total. The molecule has 2 aromatic heterocycles. The van der Waals surface area contributed by atoms with Gasteiger partial charge in [-0.05, 0) is 30.3 Å². The van der Waals surface area contributed by atoms with Gasteiger partial charge < -0.3 is 4.74 Å². The van der Waals surface area contributed by atoms with Crippen LogP contribution in [0, 0.1) is 0 Å². The maximum Gasteiger partial charge on any atom is 0.426 e. The Morgan fingerprint density at radius 3 is 2.52 bits per heavy atom. The normalized spacial score (nSPS) is 10.8. The van der Waals surface area contributed by atoms with E-state index < -0.39 is 6.09 Å². The number of ether oxygens (including phenoxy) is 1. The third kappa shape index (κ3) is 2.36. The highest BCUT2D eigenvalue weighted by molar-refractivity contribution is 5.89. The lowest BCUT2D eigenvalue weighted by Gasteiger charge is -2.08. The minimum Gasteiger partial charge on any atom is -0.410 e. The van der Waals surface area contributed by atoms with Crippen molar-refractivity contribution < 1.29 is 9.53 Å². The summed E-state index contributed by atoms with van der Waals surface area (Å²) < 4.78 is 8.39. The fraction of sp³-hybridized carbons (Fsp3) is 0. The molecule has 2 heterocycles. The van der Waals surface area contributed by atoms with Crippen molar-refractivity contribution in [3.8, 4) is 11.7 Å². The van der Waals surface area contributed by atoms with Crippen LogP contribution in [-0.2, 0) is 0 Å². The second-order valence-electron chi connectivity index (χ2n) is 4.87. The van der Waals surface area contributed by atoms with Crippen LogP contribution >= 0.6 is 0 Å². The van der Waals surface area contributed by atoms with Crippen molar-refractivity contribution in [1.29, 1.82) is 0 Å². The Labute approximate surface area is 131 Å². The Hall–Kier alpha value is -3.41. The lowest BCUT2D eigenvalue weighted by Crippen LogP contribution is -2.20. The molecular weight excluding hydrogens is 292 g/mol. The van der Waals surface area contributed by atoms with Crippen LogP contribution in [-0.4, -0.2) is 25.4 Å². The average Bonchev–Trinajstić information content (AvgIpc) is 3.23. The van der Waals surface area contributed by atoms with Crippen LogP contribution in [0.5, 0.6) is 5.75 Å². The van der Waals surface area contributed by atoms with Crippen LogP contribution in [0.2, 0.25) is 0 Å². The molecule has 0 aliphatic carbocycles. The quantitative estimate of drug-likeness (QED) is 0.570. The number of carbonyl (C=O) groups is 1. The van der Waals surface area contributed by atoms with Gasteiger partial charge in [-0.25, -0.2) is 19.0 Å². The van der Waals surface area contributed by atoms with Gasteiger partial charge in [-0.2, -0.15) is 5.10 Å². The van der Waals surface area contributed by atoms with Gasteiger partial charge in [0, 0.05) is 12.4 Å². The molecule has 0 aliphatic rings. The number of imidazole rings is 1. The van der Waals surface area contributed by atoms with E-state index in [0.29, 0.717) is 22.7 Å². The van der Waals surface area contributed by atoms with Crippen molar-refractivity contribution in [3.05, 3.63) is 73.1 Å². The van der Waals surface area contributed by atoms with E-state index in [4.69, 9.17) is 4.74 Å². The van der Waals surface area contributed by atoms with Crippen LogP contribution in [0.15, 0.2) is 73.1 Å². The van der Waals surface area contributed by atoms with Gasteiger partial charge in [-0.15, -0.1) is 0 Å². The zero-order chi connectivity index (χ0) is 15.6. The zero-order valence-corrected chi connectivity index (χ0v) is 12.0. The van der Waals surface area contributed by atoms with E-state index in [-0.39, 0.29) is 0 Å². The molecule has 0 bridgehead atoms. The standard InChI is InChI=1S/C17H12N4O2/c22-17(23-13-7-2-1-3-8-13)21-15-10-5-4-9-14(15)19-16(21)20-12-6-11-18-20/h1-12H. The second-order valence-corrected chi connectivity index (χ2v) is 4.87. The van der Waals surface area contributed by atoms with E-state index in [1.807, 2.05) is 42.5 Å². The van der Waals surface area contributed by atoms with Crippen molar-refractivity contribution in [2.24, 2.45) is 0 Å². The minimum absolute atomic E-state index is 0.386. The molecule has 0 saturated carbocycles. The van der Waals surface area contributed by atoms with Gasteiger partial charge in [-0.1, -0.05) is 30.3 Å². The number of carbonyl (C=O) groups excluding carboxylic acids is 1. The highest BCUT2D eigenvalue weighted by Crippen LogP contribution is 2.20. The van der Waals surface area contributed by atoms with Crippen molar-refractivity contribution in [3.63, 3.8) is 0 Å². The first-order valence-electron chi connectivity index (χ1n) is 7.08. The van der Waals surface area contributed by atoms with Crippen LogP contribution in [0.25, 0.3) is 17.0 Å². The van der Waals surface area contributed by atoms with Crippen LogP contribution in [0.3, 0.4) is 0 Å². The lowest BCUT2D eigenvalue weighted by atomic mass is 10.3. The van der Waals surface area contributed by atoms with E-state index in [1.165, 1.54) is 9.25 Å². The average molecular weight is 304 g/mol. The Morgan fingerprint density at radius 1 is 0.957 bits per heavy atom. The topological polar surface area (TPSA) is 61.9 Å². The minimum atomic E-state index is -0.532. The van der Waals surface area contributed by atoms with E-state index in [9.17, 15) is 4.79 Å². The van der Waals surface area contributed by atoms with Crippen molar-refractivity contribution >= 4 is 17.1 Å². The number of rotatable bonds is 2. The fourth-order valence-corrected chi connectivity index (χ4v) is 2.37. The fourth-order valence-electron chi connectivity index (χ4n) is 2.37. The highest BCUT2D eigenvalue weighted by Gasteiger charge is 2.20. The van der Waals surface area contributed by atoms with Crippen molar-refractivity contribution in [1.82, 2.24) is 19.3 Å². The molecule has 0 amide bonds. The maximum absolute atomic E-state index is 12.7. The van der Waals surface area contributed by atoms with E-state index in [1.54, 1.807) is 30.6 Å². The number of para-hydroxylation sites is 3. The molecule has 0 atom stereocenters. The molecule has 0 aliphatic heterocycles. The number of hydrogen-bond donors (Lipinski definition) is 0. The molecule has 6 heteroatoms. The summed E-state index contributed by atoms with van der Waals surface area (Å²) in [6, 6.07) is 18.1. The number of aromatic nitrogens is 4. The number of nitrogens with zero attached hydrogens (tertiary/aromatic N) is 4. The summed E-state index contributed by atoms with van der Waals surface area (Å²) in [5.41, 5.74) is 1.36. The summed E-state index contributed by atoms with van der Waals surface area (Å²) in [7, 11) is 0. The largest absolute Gasteiger partial charge is 0.426 e. The Bertz CT molecular complexity index is 959. The smallest absolute Gasteiger partial charge is 0.410 e. The molecule has 2 aromatic carbocycles. The summed E-state index contributed by atoms with van der Waals surface area (Å²) in [4.78, 5) is 17.1. The summed E-state index contributed by atoms with van der Waals surface area (Å²) in [5.74, 6) is 0.860. The lowest BCUT2D eigenvalue weighted by molar-refractivity contribution is 0.203. The molecule has 0 radical (unpaired) electrons. The molecule has 0 fully saturated rings. The Balaban J connectivity index is 1.84. The second kappa shape index (κ2) is 5.42. The van der Waals surface area contributed by atoms with Gasteiger partial charge >= 0.3 is 6.09 Å². The molecule has 0 saturated heterocycles. The molecule has 0 unspecified atom stereocenters. The SMILES string of the molecule is O=C(Oc1ccccc1)n1c(-n2cccn2)nc2ccccc21. The molecule has 0 N–H and O–H groups in total. The molecule has 0 spiro atoms. The monoisotopic (exact) mass is 304 g/mol. The first-order chi connectivity index (χ1) is 11.3. The molecule has 112 valence electrons. The first kappa shape index (κ1) is 13.3. The van der Waals surface area contributed by atoms with Gasteiger partial charge in [-0.3, -0.25) is 0 Å². The van der Waals surface area contributed by atoms with Gasteiger partial charge in [0.05, 0.1) is 11.0 Å². The molecule has 4 rings (SSSR count). The summed E-state index contributed by atoms with van der Waals surface area (Å²) >= 11 is 0. The van der Waals surface area contributed by atoms with Crippen molar-refractivity contribution in [2.45, 2.75) is 0 Å². The van der Waals surface area contributed by atoms with Crippen LogP contribution in [0.1, 0.15) is 0 Å². The Morgan fingerprint density at radius 2 is 1.74 bits per heavy atom.